The van der Waals surface area contributed by atoms with Crippen molar-refractivity contribution in [2.45, 2.75) is 0 Å². The van der Waals surface area contributed by atoms with E-state index in [0.29, 0.717) is 15.8 Å². The van der Waals surface area contributed by atoms with Gasteiger partial charge < -0.3 is 15.1 Å². The molecule has 1 aliphatic heterocycles. The van der Waals surface area contributed by atoms with Crippen LogP contribution in [0.1, 0.15) is 0 Å². The number of para-hydroxylation sites is 1. The maximum absolute atomic E-state index is 13.8. The van der Waals surface area contributed by atoms with Crippen LogP contribution in [0.4, 0.5) is 15.8 Å². The fourth-order valence-electron chi connectivity index (χ4n) is 2.63. The Morgan fingerprint density at radius 2 is 1.78 bits per heavy atom. The van der Waals surface area contributed by atoms with Crippen molar-refractivity contribution in [3.63, 3.8) is 0 Å². The number of thiocarbonyl (C=S) groups is 1. The number of piperazine rings is 1. The molecule has 1 heterocycles. The lowest BCUT2D eigenvalue weighted by Crippen LogP contribution is -2.50. The molecule has 1 N–H and O–H groups in total. The van der Waals surface area contributed by atoms with Crippen LogP contribution < -0.4 is 10.2 Å². The third-order valence-corrected chi connectivity index (χ3v) is 4.43. The van der Waals surface area contributed by atoms with E-state index in [1.165, 1.54) is 6.07 Å². The van der Waals surface area contributed by atoms with Crippen molar-refractivity contribution < 1.29 is 4.39 Å². The second kappa shape index (κ2) is 7.15. The average molecular weight is 350 g/mol. The largest absolute Gasteiger partial charge is 0.366 e. The van der Waals surface area contributed by atoms with Crippen molar-refractivity contribution >= 4 is 40.3 Å². The van der Waals surface area contributed by atoms with Crippen molar-refractivity contribution in [2.75, 3.05) is 36.4 Å². The van der Waals surface area contributed by atoms with Gasteiger partial charge in [0.25, 0.3) is 0 Å². The van der Waals surface area contributed by atoms with E-state index in [1.807, 2.05) is 41.3 Å². The molecule has 0 bridgehead atoms. The summed E-state index contributed by atoms with van der Waals surface area (Å²) in [5.74, 6) is -0.180. The number of benzene rings is 2. The van der Waals surface area contributed by atoms with Gasteiger partial charge in [-0.2, -0.15) is 0 Å². The van der Waals surface area contributed by atoms with Crippen LogP contribution in [0.3, 0.4) is 0 Å². The Hall–Kier alpha value is -1.85. The van der Waals surface area contributed by atoms with Crippen molar-refractivity contribution in [3.05, 3.63) is 59.4 Å². The topological polar surface area (TPSA) is 18.5 Å². The van der Waals surface area contributed by atoms with Gasteiger partial charge in [-0.15, -0.1) is 0 Å². The minimum Gasteiger partial charge on any atom is -0.366 e. The summed E-state index contributed by atoms with van der Waals surface area (Å²) in [5.41, 5.74) is 1.53. The van der Waals surface area contributed by atoms with Gasteiger partial charge in [0.05, 0.1) is 5.69 Å². The number of halogens is 2. The molecule has 23 heavy (non-hydrogen) atoms. The van der Waals surface area contributed by atoms with Crippen LogP contribution in [0.5, 0.6) is 0 Å². The van der Waals surface area contributed by atoms with Crippen LogP contribution in [-0.4, -0.2) is 36.2 Å². The Kier molecular flexibility index (Phi) is 4.98. The highest BCUT2D eigenvalue weighted by Crippen LogP contribution is 2.21. The average Bonchev–Trinajstić information content (AvgIpc) is 2.55. The summed E-state index contributed by atoms with van der Waals surface area (Å²) in [4.78, 5) is 4.14. The summed E-state index contributed by atoms with van der Waals surface area (Å²) in [6, 6.07) is 14.3. The smallest absolute Gasteiger partial charge is 0.173 e. The van der Waals surface area contributed by atoms with E-state index in [-0.39, 0.29) is 5.82 Å². The summed E-state index contributed by atoms with van der Waals surface area (Å²) >= 11 is 11.4. The van der Waals surface area contributed by atoms with Gasteiger partial charge in [0.1, 0.15) is 5.82 Å². The van der Waals surface area contributed by atoms with Gasteiger partial charge >= 0.3 is 0 Å². The van der Waals surface area contributed by atoms with Crippen molar-refractivity contribution in [3.8, 4) is 0 Å². The molecule has 0 spiro atoms. The lowest BCUT2D eigenvalue weighted by atomic mass is 10.2. The molecule has 2 aromatic carbocycles. The second-order valence-corrected chi connectivity index (χ2v) is 6.19. The first-order valence-corrected chi connectivity index (χ1v) is 8.23. The van der Waals surface area contributed by atoms with E-state index >= 15 is 0 Å². The lowest BCUT2D eigenvalue weighted by molar-refractivity contribution is 0.388. The highest BCUT2D eigenvalue weighted by molar-refractivity contribution is 7.80. The maximum Gasteiger partial charge on any atom is 0.173 e. The molecule has 0 amide bonds. The summed E-state index contributed by atoms with van der Waals surface area (Å²) < 4.78 is 13.8. The number of nitrogens with zero attached hydrogens (tertiary/aromatic N) is 2. The van der Waals surface area contributed by atoms with E-state index in [2.05, 4.69) is 10.2 Å². The molecule has 0 aromatic heterocycles. The van der Waals surface area contributed by atoms with Crippen molar-refractivity contribution in [1.29, 1.82) is 0 Å². The van der Waals surface area contributed by atoms with Gasteiger partial charge in [0.2, 0.25) is 0 Å². The molecule has 6 heteroatoms. The summed E-state index contributed by atoms with van der Waals surface area (Å²) in [5, 5.41) is 4.53. The third kappa shape index (κ3) is 3.92. The fourth-order valence-corrected chi connectivity index (χ4v) is 3.12. The second-order valence-electron chi connectivity index (χ2n) is 5.37. The Morgan fingerprint density at radius 1 is 1.04 bits per heavy atom. The molecule has 1 aliphatic rings. The van der Waals surface area contributed by atoms with Gasteiger partial charge in [-0.05, 0) is 42.5 Å². The zero-order valence-corrected chi connectivity index (χ0v) is 14.1. The molecule has 0 saturated carbocycles. The van der Waals surface area contributed by atoms with Crippen molar-refractivity contribution in [2.24, 2.45) is 0 Å². The van der Waals surface area contributed by atoms with E-state index in [9.17, 15) is 4.39 Å². The van der Waals surface area contributed by atoms with Crippen molar-refractivity contribution in [1.82, 2.24) is 4.90 Å². The number of anilines is 2. The molecular formula is C17H17ClFN3S. The molecular weight excluding hydrogens is 333 g/mol. The summed E-state index contributed by atoms with van der Waals surface area (Å²) in [6.45, 7) is 2.97. The molecule has 120 valence electrons. The Bertz CT molecular complexity index is 702. The Morgan fingerprint density at radius 3 is 2.48 bits per heavy atom. The van der Waals surface area contributed by atoms with Gasteiger partial charge in [-0.25, -0.2) is 4.39 Å². The molecule has 2 aromatic rings. The van der Waals surface area contributed by atoms with Crippen LogP contribution >= 0.6 is 23.8 Å². The molecule has 0 radical (unpaired) electrons. The predicted molar refractivity (Wildman–Crippen MR) is 97.9 cm³/mol. The Labute approximate surface area is 145 Å². The quantitative estimate of drug-likeness (QED) is 0.826. The van der Waals surface area contributed by atoms with E-state index in [4.69, 9.17) is 23.8 Å². The first-order chi connectivity index (χ1) is 11.1. The molecule has 0 unspecified atom stereocenters. The third-order valence-electron chi connectivity index (χ3n) is 3.84. The zero-order chi connectivity index (χ0) is 16.2. The monoisotopic (exact) mass is 349 g/mol. The number of nitrogens with one attached hydrogen (secondary N) is 1. The molecule has 3 nitrogen and oxygen atoms in total. The Balaban J connectivity index is 1.58. The summed E-state index contributed by atoms with van der Waals surface area (Å²) in [7, 11) is 0. The normalized spacial score (nSPS) is 14.7. The van der Waals surface area contributed by atoms with E-state index in [0.717, 1.165) is 31.9 Å². The van der Waals surface area contributed by atoms with Crippen LogP contribution in [0.15, 0.2) is 48.5 Å². The molecule has 1 saturated heterocycles. The van der Waals surface area contributed by atoms with Gasteiger partial charge in [-0.1, -0.05) is 29.8 Å². The zero-order valence-electron chi connectivity index (χ0n) is 12.5. The molecule has 1 fully saturated rings. The van der Waals surface area contributed by atoms with Crippen LogP contribution in [0, 0.1) is 5.82 Å². The standard InChI is InChI=1S/C17H17ClFN3S/c18-13-4-3-5-14(12-13)20-17(23)22-10-8-21(9-11-22)16-7-2-1-6-15(16)19/h1-7,12H,8-11H2,(H,20,23). The molecule has 0 atom stereocenters. The van der Waals surface area contributed by atoms with Gasteiger partial charge in [0.15, 0.2) is 5.11 Å². The van der Waals surface area contributed by atoms with E-state index in [1.54, 1.807) is 6.07 Å². The fraction of sp³-hybridized carbons (Fsp3) is 0.235. The molecule has 3 rings (SSSR count). The van der Waals surface area contributed by atoms with Crippen LogP contribution in [0.25, 0.3) is 0 Å². The first kappa shape index (κ1) is 16.0. The minimum atomic E-state index is -0.180. The highest BCUT2D eigenvalue weighted by atomic mass is 35.5. The van der Waals surface area contributed by atoms with Crippen LogP contribution in [-0.2, 0) is 0 Å². The molecule has 0 aliphatic carbocycles. The van der Waals surface area contributed by atoms with Gasteiger partial charge in [-0.3, -0.25) is 0 Å². The highest BCUT2D eigenvalue weighted by Gasteiger charge is 2.20. The maximum atomic E-state index is 13.8. The van der Waals surface area contributed by atoms with Crippen LogP contribution in [0.2, 0.25) is 5.02 Å². The lowest BCUT2D eigenvalue weighted by Gasteiger charge is -2.37. The summed E-state index contributed by atoms with van der Waals surface area (Å²) in [6.07, 6.45) is 0. The first-order valence-electron chi connectivity index (χ1n) is 7.44. The SMILES string of the molecule is Fc1ccccc1N1CCN(C(=S)Nc2cccc(Cl)c2)CC1. The number of hydrogen-bond donors (Lipinski definition) is 1. The van der Waals surface area contributed by atoms with E-state index < -0.39 is 0 Å². The number of hydrogen-bond acceptors (Lipinski definition) is 2. The minimum absolute atomic E-state index is 0.180. The number of rotatable bonds is 2. The predicted octanol–water partition coefficient (Wildman–Crippen LogP) is 4.00. The van der Waals surface area contributed by atoms with Gasteiger partial charge in [0, 0.05) is 36.9 Å².